The van der Waals surface area contributed by atoms with Gasteiger partial charge in [-0.15, -0.1) is 0 Å². The van der Waals surface area contributed by atoms with Crippen LogP contribution in [0.2, 0.25) is 0 Å². The maximum absolute atomic E-state index is 12.5. The summed E-state index contributed by atoms with van der Waals surface area (Å²) in [6, 6.07) is 5.23. The van der Waals surface area contributed by atoms with E-state index in [9.17, 15) is 9.59 Å². The quantitative estimate of drug-likeness (QED) is 0.818. The van der Waals surface area contributed by atoms with Crippen molar-refractivity contribution in [2.45, 2.75) is 20.8 Å². The van der Waals surface area contributed by atoms with Gasteiger partial charge in [0, 0.05) is 23.3 Å². The first-order valence-electron chi connectivity index (χ1n) is 8.80. The Morgan fingerprint density at radius 3 is 2.81 bits per heavy atom. The minimum atomic E-state index is -0.338. The van der Waals surface area contributed by atoms with E-state index in [1.54, 1.807) is 36.7 Å². The Kier molecular flexibility index (Phi) is 3.91. The molecule has 0 radical (unpaired) electrons. The summed E-state index contributed by atoms with van der Waals surface area (Å²) in [7, 11) is 0. The largest absolute Gasteiger partial charge is 0.345 e. The molecule has 2 N–H and O–H groups in total. The maximum atomic E-state index is 12.5. The van der Waals surface area contributed by atoms with Gasteiger partial charge >= 0.3 is 0 Å². The molecule has 0 fully saturated rings. The molecule has 1 aliphatic heterocycles. The van der Waals surface area contributed by atoms with Gasteiger partial charge in [-0.05, 0) is 41.3 Å². The second-order valence-electron chi connectivity index (χ2n) is 7.75. The van der Waals surface area contributed by atoms with Crippen molar-refractivity contribution in [3.8, 4) is 0 Å². The van der Waals surface area contributed by atoms with Crippen LogP contribution >= 0.6 is 0 Å². The molecule has 0 saturated heterocycles. The van der Waals surface area contributed by atoms with Gasteiger partial charge in [-0.3, -0.25) is 9.59 Å². The van der Waals surface area contributed by atoms with Crippen LogP contribution in [0.4, 0.5) is 0 Å². The van der Waals surface area contributed by atoms with Gasteiger partial charge in [0.15, 0.2) is 0 Å². The monoisotopic (exact) mass is 360 g/mol. The molecule has 1 atom stereocenters. The number of H-pyrrole nitrogens is 1. The van der Waals surface area contributed by atoms with E-state index >= 15 is 0 Å². The summed E-state index contributed by atoms with van der Waals surface area (Å²) < 4.78 is 0. The summed E-state index contributed by atoms with van der Waals surface area (Å²) in [5.41, 5.74) is 4.26. The molecule has 2 aromatic rings. The summed E-state index contributed by atoms with van der Waals surface area (Å²) in [5, 5.41) is 2.87. The first-order chi connectivity index (χ1) is 12.8. The molecule has 2 aliphatic rings. The van der Waals surface area contributed by atoms with Crippen molar-refractivity contribution in [2.75, 3.05) is 0 Å². The predicted molar refractivity (Wildman–Crippen MR) is 104 cm³/mol. The van der Waals surface area contributed by atoms with E-state index in [-0.39, 0.29) is 23.1 Å². The average molecular weight is 360 g/mol. The fraction of sp³-hybridized carbons (Fsp3) is 0.238. The first kappa shape index (κ1) is 17.1. The molecule has 6 heteroatoms. The van der Waals surface area contributed by atoms with Crippen LogP contribution in [0, 0.1) is 11.3 Å². The van der Waals surface area contributed by atoms with Crippen molar-refractivity contribution in [2.24, 2.45) is 16.3 Å². The number of nitrogens with zero attached hydrogens (tertiary/aromatic N) is 2. The molecule has 0 saturated carbocycles. The number of carbonyl (C=O) groups excluding carboxylic acids is 2. The third-order valence-electron chi connectivity index (χ3n) is 4.75. The van der Waals surface area contributed by atoms with Crippen molar-refractivity contribution in [3.05, 3.63) is 65.7 Å². The number of aromatic nitrogens is 2. The molecule has 1 aromatic heterocycles. The number of carbonyl (C=O) groups is 2. The molecular weight excluding hydrogens is 340 g/mol. The SMILES string of the molecule is CC(C)(C)C1=CC(=O)NC2=CC(=NC(=O)c3ccc4nc[nH]c4c3)C=CC21. The highest BCUT2D eigenvalue weighted by Gasteiger charge is 2.32. The highest BCUT2D eigenvalue weighted by atomic mass is 16.2. The molecule has 0 spiro atoms. The van der Waals surface area contributed by atoms with Gasteiger partial charge < -0.3 is 10.3 Å². The van der Waals surface area contributed by atoms with Crippen LogP contribution in [-0.4, -0.2) is 27.5 Å². The van der Waals surface area contributed by atoms with E-state index in [4.69, 9.17) is 0 Å². The number of fused-ring (bicyclic) bond motifs is 2. The maximum Gasteiger partial charge on any atom is 0.277 e. The van der Waals surface area contributed by atoms with Crippen LogP contribution in [-0.2, 0) is 4.79 Å². The standard InChI is InChI=1S/C21H20N4O2/c1-21(2,3)15-10-19(26)25-17-9-13(5-6-14(15)17)24-20(27)12-4-7-16-18(8-12)23-11-22-16/h4-11,14H,1-3H3,(H,22,23)(H,25,26). The summed E-state index contributed by atoms with van der Waals surface area (Å²) in [6.07, 6.45) is 8.84. The second-order valence-corrected chi connectivity index (χ2v) is 7.75. The zero-order chi connectivity index (χ0) is 19.2. The van der Waals surface area contributed by atoms with E-state index in [1.807, 2.05) is 12.2 Å². The van der Waals surface area contributed by atoms with Crippen molar-refractivity contribution in [1.82, 2.24) is 15.3 Å². The zero-order valence-corrected chi connectivity index (χ0v) is 15.4. The molecule has 2 heterocycles. The number of rotatable bonds is 1. The number of amides is 2. The number of hydrogen-bond donors (Lipinski definition) is 2. The van der Waals surface area contributed by atoms with Crippen LogP contribution in [0.15, 0.2) is 65.1 Å². The molecule has 0 bridgehead atoms. The Morgan fingerprint density at radius 2 is 2.04 bits per heavy atom. The summed E-state index contributed by atoms with van der Waals surface area (Å²) in [6.45, 7) is 6.25. The van der Waals surface area contributed by atoms with E-state index in [0.29, 0.717) is 11.3 Å². The Bertz CT molecular complexity index is 1080. The number of nitrogens with one attached hydrogen (secondary N) is 2. The average Bonchev–Trinajstić information content (AvgIpc) is 3.07. The van der Waals surface area contributed by atoms with Gasteiger partial charge in [-0.1, -0.05) is 26.8 Å². The van der Waals surface area contributed by atoms with Crippen LogP contribution in [0.1, 0.15) is 31.1 Å². The fourth-order valence-electron chi connectivity index (χ4n) is 3.39. The molecule has 1 aliphatic carbocycles. The van der Waals surface area contributed by atoms with Crippen LogP contribution in [0.25, 0.3) is 11.0 Å². The molecule has 136 valence electrons. The van der Waals surface area contributed by atoms with Gasteiger partial charge in [-0.2, -0.15) is 0 Å². The normalized spacial score (nSPS) is 20.9. The molecule has 1 unspecified atom stereocenters. The highest BCUT2D eigenvalue weighted by Crippen LogP contribution is 2.38. The minimum absolute atomic E-state index is 0.00176. The molecular formula is C21H20N4O2. The predicted octanol–water partition coefficient (Wildman–Crippen LogP) is 3.32. The number of imidazole rings is 1. The minimum Gasteiger partial charge on any atom is -0.345 e. The summed E-state index contributed by atoms with van der Waals surface area (Å²) in [5.74, 6) is -0.485. The lowest BCUT2D eigenvalue weighted by atomic mass is 9.74. The number of aliphatic imine (C=N–C) groups is 1. The fourth-order valence-corrected chi connectivity index (χ4v) is 3.39. The van der Waals surface area contributed by atoms with E-state index in [1.165, 1.54) is 0 Å². The third kappa shape index (κ3) is 3.26. The van der Waals surface area contributed by atoms with Gasteiger partial charge in [0.05, 0.1) is 23.1 Å². The zero-order valence-electron chi connectivity index (χ0n) is 15.4. The van der Waals surface area contributed by atoms with Crippen molar-refractivity contribution >= 4 is 28.6 Å². The molecule has 1 aromatic carbocycles. The van der Waals surface area contributed by atoms with Gasteiger partial charge in [0.1, 0.15) is 0 Å². The highest BCUT2D eigenvalue weighted by molar-refractivity contribution is 6.14. The molecule has 2 amide bonds. The second kappa shape index (κ2) is 6.16. The third-order valence-corrected chi connectivity index (χ3v) is 4.75. The smallest absolute Gasteiger partial charge is 0.277 e. The molecule has 6 nitrogen and oxygen atoms in total. The van der Waals surface area contributed by atoms with Crippen LogP contribution in [0.5, 0.6) is 0 Å². The lowest BCUT2D eigenvalue weighted by Gasteiger charge is -2.34. The van der Waals surface area contributed by atoms with Gasteiger partial charge in [-0.25, -0.2) is 9.98 Å². The van der Waals surface area contributed by atoms with Crippen LogP contribution < -0.4 is 5.32 Å². The number of allylic oxidation sites excluding steroid dienone is 3. The number of aromatic amines is 1. The molecule has 4 rings (SSSR count). The Balaban J connectivity index is 1.64. The van der Waals surface area contributed by atoms with E-state index < -0.39 is 0 Å². The van der Waals surface area contributed by atoms with Gasteiger partial charge in [0.25, 0.3) is 5.91 Å². The van der Waals surface area contributed by atoms with Crippen molar-refractivity contribution in [1.29, 1.82) is 0 Å². The Hall–Kier alpha value is -3.28. The topological polar surface area (TPSA) is 87.2 Å². The van der Waals surface area contributed by atoms with E-state index in [2.05, 4.69) is 41.0 Å². The van der Waals surface area contributed by atoms with Crippen molar-refractivity contribution < 1.29 is 9.59 Å². The first-order valence-corrected chi connectivity index (χ1v) is 8.80. The number of hydrogen-bond acceptors (Lipinski definition) is 3. The van der Waals surface area contributed by atoms with Gasteiger partial charge in [0.2, 0.25) is 5.91 Å². The van der Waals surface area contributed by atoms with Crippen molar-refractivity contribution in [3.63, 3.8) is 0 Å². The summed E-state index contributed by atoms with van der Waals surface area (Å²) >= 11 is 0. The number of benzene rings is 1. The van der Waals surface area contributed by atoms with Crippen LogP contribution in [0.3, 0.4) is 0 Å². The Labute approximate surface area is 156 Å². The lowest BCUT2D eigenvalue weighted by molar-refractivity contribution is -0.116. The Morgan fingerprint density at radius 1 is 1.22 bits per heavy atom. The van der Waals surface area contributed by atoms with E-state index in [0.717, 1.165) is 22.3 Å². The summed E-state index contributed by atoms with van der Waals surface area (Å²) in [4.78, 5) is 35.9. The lowest BCUT2D eigenvalue weighted by Crippen LogP contribution is -2.36. The molecule has 27 heavy (non-hydrogen) atoms.